The van der Waals surface area contributed by atoms with Crippen LogP contribution in [-0.2, 0) is 21.0 Å². The largest absolute Gasteiger partial charge is 0.286 e. The zero-order valence-electron chi connectivity index (χ0n) is 16.0. The average molecular weight is 402 g/mol. The van der Waals surface area contributed by atoms with E-state index >= 15 is 0 Å². The van der Waals surface area contributed by atoms with Crippen LogP contribution in [0.1, 0.15) is 16.7 Å². The van der Waals surface area contributed by atoms with Crippen LogP contribution in [0.15, 0.2) is 87.5 Å². The number of aryl methyl sites for hydroxylation is 3. The first-order valence-corrected chi connectivity index (χ1v) is 11.6. The maximum absolute atomic E-state index is 9.19. The summed E-state index contributed by atoms with van der Waals surface area (Å²) in [5.41, 5.74) is 4.10. The Morgan fingerprint density at radius 3 is 1.41 bits per heavy atom. The molecule has 0 heterocycles. The highest BCUT2D eigenvalue weighted by Gasteiger charge is 2.31. The van der Waals surface area contributed by atoms with Gasteiger partial charge in [-0.3, -0.25) is 4.55 Å². The highest BCUT2D eigenvalue weighted by molar-refractivity contribution is 7.97. The molecule has 0 saturated heterocycles. The van der Waals surface area contributed by atoms with Crippen LogP contribution in [-0.4, -0.2) is 19.2 Å². The first kappa shape index (κ1) is 21.2. The van der Waals surface area contributed by atoms with Crippen LogP contribution in [0.5, 0.6) is 0 Å². The Bertz CT molecular complexity index is 912. The Hall–Kier alpha value is -2.08. The average Bonchev–Trinajstić information content (AvgIpc) is 2.58. The van der Waals surface area contributed by atoms with E-state index in [0.29, 0.717) is 6.26 Å². The van der Waals surface area contributed by atoms with Crippen molar-refractivity contribution in [2.45, 2.75) is 35.5 Å². The molecule has 0 spiro atoms. The zero-order chi connectivity index (χ0) is 20.0. The molecule has 0 amide bonds. The van der Waals surface area contributed by atoms with E-state index in [4.69, 9.17) is 4.55 Å². The van der Waals surface area contributed by atoms with Crippen molar-refractivity contribution in [1.29, 1.82) is 0 Å². The van der Waals surface area contributed by atoms with E-state index in [-0.39, 0.29) is 10.9 Å². The lowest BCUT2D eigenvalue weighted by Crippen LogP contribution is -2.08. The smallest absolute Gasteiger partial charge is 0.261 e. The molecular weight excluding hydrogens is 376 g/mol. The molecular formula is C22H25O3S2+. The maximum atomic E-state index is 9.19. The Balaban J connectivity index is 0.000000465. The van der Waals surface area contributed by atoms with E-state index in [1.54, 1.807) is 0 Å². The van der Waals surface area contributed by atoms with Crippen LogP contribution >= 0.6 is 0 Å². The van der Waals surface area contributed by atoms with Gasteiger partial charge >= 0.3 is 0 Å². The fourth-order valence-electron chi connectivity index (χ4n) is 2.97. The predicted molar refractivity (Wildman–Crippen MR) is 113 cm³/mol. The molecule has 3 nitrogen and oxygen atoms in total. The molecule has 142 valence electrons. The van der Waals surface area contributed by atoms with Gasteiger partial charge in [0.2, 0.25) is 0 Å². The number of rotatable bonds is 3. The standard InChI is InChI=1S/C21H21S.CH4O3S/c1-16-14-17(2)21(18(3)15-16)22(19-10-6-4-7-11-19)20-12-8-5-9-13-20;1-5(2,3)4/h4-15H,1-3H3;1H3,(H,2,3,4)/q+1;. The van der Waals surface area contributed by atoms with Gasteiger partial charge in [0.15, 0.2) is 14.7 Å². The van der Waals surface area contributed by atoms with E-state index < -0.39 is 10.1 Å². The Kier molecular flexibility index (Phi) is 7.25. The first-order valence-electron chi connectivity index (χ1n) is 8.51. The molecule has 0 aromatic heterocycles. The van der Waals surface area contributed by atoms with Gasteiger partial charge in [-0.05, 0) is 45.0 Å². The quantitative estimate of drug-likeness (QED) is 0.484. The van der Waals surface area contributed by atoms with Gasteiger partial charge in [-0.15, -0.1) is 0 Å². The summed E-state index contributed by atoms with van der Waals surface area (Å²) in [6.07, 6.45) is 0.715. The minimum absolute atomic E-state index is 0.0460. The number of hydrogen-bond acceptors (Lipinski definition) is 2. The monoisotopic (exact) mass is 401 g/mol. The first-order chi connectivity index (χ1) is 12.7. The molecule has 3 rings (SSSR count). The second kappa shape index (κ2) is 9.22. The lowest BCUT2D eigenvalue weighted by Gasteiger charge is -2.13. The van der Waals surface area contributed by atoms with E-state index in [9.17, 15) is 8.42 Å². The summed E-state index contributed by atoms with van der Waals surface area (Å²) in [5, 5.41) is 0. The fourth-order valence-corrected chi connectivity index (χ4v) is 5.34. The van der Waals surface area contributed by atoms with Crippen LogP contribution in [0.2, 0.25) is 0 Å². The van der Waals surface area contributed by atoms with Gasteiger partial charge in [-0.25, -0.2) is 0 Å². The highest BCUT2D eigenvalue weighted by Crippen LogP contribution is 2.35. The van der Waals surface area contributed by atoms with Gasteiger partial charge in [-0.1, -0.05) is 54.1 Å². The molecule has 0 aliphatic rings. The molecule has 0 atom stereocenters. The maximum Gasteiger partial charge on any atom is 0.261 e. The summed E-state index contributed by atoms with van der Waals surface area (Å²) in [6, 6.07) is 26.3. The van der Waals surface area contributed by atoms with Crippen molar-refractivity contribution in [1.82, 2.24) is 0 Å². The van der Waals surface area contributed by atoms with Gasteiger partial charge < -0.3 is 0 Å². The van der Waals surface area contributed by atoms with Crippen LogP contribution in [0, 0.1) is 20.8 Å². The van der Waals surface area contributed by atoms with E-state index in [0.717, 1.165) is 0 Å². The third-order valence-electron chi connectivity index (χ3n) is 3.77. The Morgan fingerprint density at radius 2 is 1.07 bits per heavy atom. The molecule has 0 radical (unpaired) electrons. The van der Waals surface area contributed by atoms with Crippen LogP contribution < -0.4 is 0 Å². The van der Waals surface area contributed by atoms with Gasteiger partial charge in [0, 0.05) is 11.1 Å². The highest BCUT2D eigenvalue weighted by atomic mass is 32.2. The Labute approximate surface area is 165 Å². The third kappa shape index (κ3) is 6.54. The van der Waals surface area contributed by atoms with Gasteiger partial charge in [0.25, 0.3) is 10.1 Å². The summed E-state index contributed by atoms with van der Waals surface area (Å²) in [7, 11) is -3.71. The summed E-state index contributed by atoms with van der Waals surface area (Å²) >= 11 is 0. The van der Waals surface area contributed by atoms with Crippen molar-refractivity contribution in [3.8, 4) is 0 Å². The van der Waals surface area contributed by atoms with E-state index in [2.05, 4.69) is 93.6 Å². The summed E-state index contributed by atoms with van der Waals surface area (Å²) in [5.74, 6) is 0. The lowest BCUT2D eigenvalue weighted by atomic mass is 10.1. The molecule has 27 heavy (non-hydrogen) atoms. The van der Waals surface area contributed by atoms with Crippen molar-refractivity contribution in [3.05, 3.63) is 89.5 Å². The van der Waals surface area contributed by atoms with E-state index in [1.165, 1.54) is 31.4 Å². The van der Waals surface area contributed by atoms with Crippen molar-refractivity contribution in [2.75, 3.05) is 6.26 Å². The normalized spacial score (nSPS) is 11.0. The van der Waals surface area contributed by atoms with E-state index in [1.807, 2.05) is 0 Å². The molecule has 3 aromatic carbocycles. The summed E-state index contributed by atoms with van der Waals surface area (Å²) in [6.45, 7) is 6.65. The van der Waals surface area contributed by atoms with Crippen molar-refractivity contribution < 1.29 is 13.0 Å². The minimum atomic E-state index is -3.67. The number of benzene rings is 3. The minimum Gasteiger partial charge on any atom is -0.286 e. The fraction of sp³-hybridized carbons (Fsp3) is 0.182. The molecule has 0 aliphatic heterocycles. The van der Waals surface area contributed by atoms with Crippen LogP contribution in [0.3, 0.4) is 0 Å². The van der Waals surface area contributed by atoms with Gasteiger partial charge in [0.1, 0.15) is 0 Å². The molecule has 3 aromatic rings. The predicted octanol–water partition coefficient (Wildman–Crippen LogP) is 5.21. The molecule has 0 saturated carbocycles. The summed E-state index contributed by atoms with van der Waals surface area (Å²) < 4.78 is 25.9. The molecule has 5 heteroatoms. The molecule has 0 unspecified atom stereocenters. The molecule has 0 fully saturated rings. The third-order valence-corrected chi connectivity index (χ3v) is 6.31. The SMILES string of the molecule is CS(=O)(=O)O.Cc1cc(C)c([S+](c2ccccc2)c2ccccc2)c(C)c1. The van der Waals surface area contributed by atoms with Crippen molar-refractivity contribution >= 4 is 21.0 Å². The Morgan fingerprint density at radius 1 is 0.741 bits per heavy atom. The molecule has 0 bridgehead atoms. The van der Waals surface area contributed by atoms with Gasteiger partial charge in [-0.2, -0.15) is 8.42 Å². The van der Waals surface area contributed by atoms with Gasteiger partial charge in [0.05, 0.1) is 17.2 Å². The number of hydrogen-bond donors (Lipinski definition) is 1. The molecule has 0 aliphatic carbocycles. The van der Waals surface area contributed by atoms with Crippen LogP contribution in [0.4, 0.5) is 0 Å². The summed E-state index contributed by atoms with van der Waals surface area (Å²) in [4.78, 5) is 4.22. The second-order valence-corrected chi connectivity index (χ2v) is 9.82. The topological polar surface area (TPSA) is 54.4 Å². The zero-order valence-corrected chi connectivity index (χ0v) is 17.6. The lowest BCUT2D eigenvalue weighted by molar-refractivity contribution is 0.490. The molecule has 1 N–H and O–H groups in total. The van der Waals surface area contributed by atoms with Crippen molar-refractivity contribution in [2.24, 2.45) is 0 Å². The second-order valence-electron chi connectivity index (χ2n) is 6.39. The van der Waals surface area contributed by atoms with Crippen LogP contribution in [0.25, 0.3) is 0 Å². The van der Waals surface area contributed by atoms with Crippen molar-refractivity contribution in [3.63, 3.8) is 0 Å².